The third-order valence-electron chi connectivity index (χ3n) is 5.20. The topological polar surface area (TPSA) is 96.2 Å². The van der Waals surface area contributed by atoms with Crippen molar-refractivity contribution in [2.24, 2.45) is 0 Å². The number of carbonyl (C=O) groups excluding carboxylic acids is 1. The number of ether oxygens (including phenoxy) is 4. The van der Waals surface area contributed by atoms with Crippen LogP contribution in [0.4, 0.5) is 5.69 Å². The van der Waals surface area contributed by atoms with Crippen molar-refractivity contribution in [3.05, 3.63) is 42.2 Å². The van der Waals surface area contributed by atoms with Gasteiger partial charge in [0.1, 0.15) is 11.5 Å². The number of hydrogen-bond acceptors (Lipinski definition) is 8. The van der Waals surface area contributed by atoms with Gasteiger partial charge in [-0.25, -0.2) is 0 Å². The number of aromatic nitrogens is 2. The SMILES string of the molecule is COc1cc(OC)cc(N2CC(c3noc(-c4ccc5c(c4)OCO5)n3)CC2=O)c1. The lowest BCUT2D eigenvalue weighted by Crippen LogP contribution is -2.24. The van der Waals surface area contributed by atoms with Crippen molar-refractivity contribution in [3.8, 4) is 34.5 Å². The summed E-state index contributed by atoms with van der Waals surface area (Å²) in [5.74, 6) is 3.22. The van der Waals surface area contributed by atoms with Crippen LogP contribution in [0.15, 0.2) is 40.9 Å². The van der Waals surface area contributed by atoms with Crippen molar-refractivity contribution >= 4 is 11.6 Å². The third-order valence-corrected chi connectivity index (χ3v) is 5.20. The van der Waals surface area contributed by atoms with Crippen LogP contribution in [0.5, 0.6) is 23.0 Å². The number of anilines is 1. The maximum absolute atomic E-state index is 12.7. The molecule has 30 heavy (non-hydrogen) atoms. The zero-order valence-corrected chi connectivity index (χ0v) is 16.5. The van der Waals surface area contributed by atoms with Crippen molar-refractivity contribution in [3.63, 3.8) is 0 Å². The Bertz CT molecular complexity index is 1090. The molecule has 1 saturated heterocycles. The fourth-order valence-corrected chi connectivity index (χ4v) is 3.63. The predicted octanol–water partition coefficient (Wildman–Crippen LogP) is 3.00. The largest absolute Gasteiger partial charge is 0.497 e. The molecule has 0 radical (unpaired) electrons. The lowest BCUT2D eigenvalue weighted by Gasteiger charge is -2.18. The summed E-state index contributed by atoms with van der Waals surface area (Å²) in [6.07, 6.45) is 0.291. The monoisotopic (exact) mass is 409 g/mol. The third kappa shape index (κ3) is 3.18. The smallest absolute Gasteiger partial charge is 0.258 e. The van der Waals surface area contributed by atoms with E-state index in [1.165, 1.54) is 0 Å². The molecule has 2 aromatic carbocycles. The fourth-order valence-electron chi connectivity index (χ4n) is 3.63. The van der Waals surface area contributed by atoms with E-state index in [-0.39, 0.29) is 18.6 Å². The molecule has 2 aliphatic rings. The van der Waals surface area contributed by atoms with Crippen LogP contribution in [0.25, 0.3) is 11.5 Å². The van der Waals surface area contributed by atoms with E-state index in [1.54, 1.807) is 49.5 Å². The van der Waals surface area contributed by atoms with Crippen LogP contribution >= 0.6 is 0 Å². The molecule has 1 unspecified atom stereocenters. The van der Waals surface area contributed by atoms with Gasteiger partial charge in [-0.05, 0) is 18.2 Å². The summed E-state index contributed by atoms with van der Waals surface area (Å²) in [6, 6.07) is 10.8. The number of nitrogens with zero attached hydrogens (tertiary/aromatic N) is 3. The summed E-state index contributed by atoms with van der Waals surface area (Å²) in [5, 5.41) is 4.11. The fraction of sp³-hybridized carbons (Fsp3) is 0.286. The van der Waals surface area contributed by atoms with Crippen molar-refractivity contribution in [1.82, 2.24) is 10.1 Å². The molecule has 0 aliphatic carbocycles. The highest BCUT2D eigenvalue weighted by Gasteiger charge is 2.35. The van der Waals surface area contributed by atoms with E-state index in [0.717, 1.165) is 5.56 Å². The van der Waals surface area contributed by atoms with Crippen LogP contribution in [-0.4, -0.2) is 43.6 Å². The van der Waals surface area contributed by atoms with E-state index in [9.17, 15) is 4.79 Å². The van der Waals surface area contributed by atoms with E-state index in [2.05, 4.69) is 10.1 Å². The van der Waals surface area contributed by atoms with Gasteiger partial charge in [-0.1, -0.05) is 5.16 Å². The van der Waals surface area contributed by atoms with Gasteiger partial charge in [0.25, 0.3) is 5.89 Å². The maximum atomic E-state index is 12.7. The van der Waals surface area contributed by atoms with Gasteiger partial charge in [0.05, 0.1) is 19.9 Å². The second-order valence-electron chi connectivity index (χ2n) is 7.00. The van der Waals surface area contributed by atoms with Gasteiger partial charge < -0.3 is 28.4 Å². The Morgan fingerprint density at radius 2 is 1.80 bits per heavy atom. The molecule has 0 bridgehead atoms. The second kappa shape index (κ2) is 7.25. The highest BCUT2D eigenvalue weighted by molar-refractivity contribution is 5.96. The predicted molar refractivity (Wildman–Crippen MR) is 105 cm³/mol. The molecule has 154 valence electrons. The summed E-state index contributed by atoms with van der Waals surface area (Å²) >= 11 is 0. The lowest BCUT2D eigenvalue weighted by molar-refractivity contribution is -0.117. The van der Waals surface area contributed by atoms with Crippen LogP contribution in [-0.2, 0) is 4.79 Å². The van der Waals surface area contributed by atoms with Crippen LogP contribution < -0.4 is 23.8 Å². The first-order chi connectivity index (χ1) is 14.6. The van der Waals surface area contributed by atoms with Gasteiger partial charge in [-0.2, -0.15) is 4.98 Å². The number of fused-ring (bicyclic) bond motifs is 1. The zero-order chi connectivity index (χ0) is 20.7. The first-order valence-corrected chi connectivity index (χ1v) is 9.41. The minimum Gasteiger partial charge on any atom is -0.497 e. The van der Waals surface area contributed by atoms with E-state index in [4.69, 9.17) is 23.5 Å². The summed E-state index contributed by atoms with van der Waals surface area (Å²) in [6.45, 7) is 0.637. The van der Waals surface area contributed by atoms with Gasteiger partial charge in [0, 0.05) is 42.6 Å². The van der Waals surface area contributed by atoms with Crippen molar-refractivity contribution < 1.29 is 28.3 Å². The molecule has 0 spiro atoms. The number of amides is 1. The van der Waals surface area contributed by atoms with Gasteiger partial charge >= 0.3 is 0 Å². The van der Waals surface area contributed by atoms with Gasteiger partial charge in [-0.3, -0.25) is 4.79 Å². The summed E-state index contributed by atoms with van der Waals surface area (Å²) in [5.41, 5.74) is 1.44. The Labute approximate surface area is 172 Å². The Balaban J connectivity index is 1.38. The lowest BCUT2D eigenvalue weighted by atomic mass is 10.1. The molecular formula is C21H19N3O6. The molecule has 1 fully saturated rings. The molecule has 1 atom stereocenters. The number of methoxy groups -OCH3 is 2. The quantitative estimate of drug-likeness (QED) is 0.635. The van der Waals surface area contributed by atoms with Gasteiger partial charge in [0.2, 0.25) is 12.7 Å². The number of rotatable bonds is 5. The van der Waals surface area contributed by atoms with Crippen molar-refractivity contribution in [2.45, 2.75) is 12.3 Å². The van der Waals surface area contributed by atoms with E-state index >= 15 is 0 Å². The normalized spacial score (nSPS) is 17.5. The van der Waals surface area contributed by atoms with Crippen molar-refractivity contribution in [1.29, 1.82) is 0 Å². The molecule has 9 nitrogen and oxygen atoms in total. The number of benzene rings is 2. The molecule has 3 heterocycles. The molecular weight excluding hydrogens is 390 g/mol. The Kier molecular flexibility index (Phi) is 4.42. The molecule has 1 amide bonds. The minimum absolute atomic E-state index is 0.0234. The summed E-state index contributed by atoms with van der Waals surface area (Å²) in [7, 11) is 3.15. The van der Waals surface area contributed by atoms with E-state index in [1.807, 2.05) is 6.07 Å². The molecule has 1 aromatic heterocycles. The summed E-state index contributed by atoms with van der Waals surface area (Å²) < 4.78 is 26.8. The highest BCUT2D eigenvalue weighted by Crippen LogP contribution is 2.37. The van der Waals surface area contributed by atoms with E-state index < -0.39 is 0 Å². The average molecular weight is 409 g/mol. The van der Waals surface area contributed by atoms with Crippen molar-refractivity contribution in [2.75, 3.05) is 32.5 Å². The molecule has 0 saturated carbocycles. The summed E-state index contributed by atoms with van der Waals surface area (Å²) in [4.78, 5) is 18.9. The molecule has 2 aliphatic heterocycles. The standard InChI is InChI=1S/C21H19N3O6/c1-26-15-7-14(8-16(9-15)27-2)24-10-13(6-19(24)25)20-22-21(30-23-20)12-3-4-17-18(5-12)29-11-28-17/h3-5,7-9,13H,6,10-11H2,1-2H3. The Hall–Kier alpha value is -3.75. The van der Waals surface area contributed by atoms with Gasteiger partial charge in [0.15, 0.2) is 17.3 Å². The maximum Gasteiger partial charge on any atom is 0.258 e. The van der Waals surface area contributed by atoms with Crippen LogP contribution in [0.2, 0.25) is 0 Å². The Morgan fingerprint density at radius 1 is 1.03 bits per heavy atom. The van der Waals surface area contributed by atoms with Crippen LogP contribution in [0.1, 0.15) is 18.2 Å². The van der Waals surface area contributed by atoms with Gasteiger partial charge in [-0.15, -0.1) is 0 Å². The first-order valence-electron chi connectivity index (χ1n) is 9.41. The Morgan fingerprint density at radius 3 is 2.57 bits per heavy atom. The minimum atomic E-state index is -0.179. The number of carbonyl (C=O) groups is 1. The average Bonchev–Trinajstić information content (AvgIpc) is 3.51. The molecule has 9 heteroatoms. The molecule has 3 aromatic rings. The zero-order valence-electron chi connectivity index (χ0n) is 16.5. The van der Waals surface area contributed by atoms with Crippen LogP contribution in [0.3, 0.4) is 0 Å². The first kappa shape index (κ1) is 18.3. The second-order valence-corrected chi connectivity index (χ2v) is 7.00. The number of hydrogen-bond donors (Lipinski definition) is 0. The van der Waals surface area contributed by atoms with E-state index in [0.29, 0.717) is 53.4 Å². The van der Waals surface area contributed by atoms with Crippen LogP contribution in [0, 0.1) is 0 Å². The molecule has 0 N–H and O–H groups in total. The highest BCUT2D eigenvalue weighted by atomic mass is 16.7. The molecule has 5 rings (SSSR count).